The second kappa shape index (κ2) is 5.74. The normalized spacial score (nSPS) is 9.60. The SMILES string of the molecule is O=C(CCCc1ccccc1)O[N+](=O)[O-]. The van der Waals surface area contributed by atoms with Crippen LogP contribution >= 0.6 is 0 Å². The summed E-state index contributed by atoms with van der Waals surface area (Å²) in [6, 6.07) is 9.61. The molecule has 5 heteroatoms. The van der Waals surface area contributed by atoms with Crippen LogP contribution in [0.1, 0.15) is 18.4 Å². The summed E-state index contributed by atoms with van der Waals surface area (Å²) in [5.74, 6) is -0.795. The van der Waals surface area contributed by atoms with Gasteiger partial charge in [0, 0.05) is 6.42 Å². The lowest BCUT2D eigenvalue weighted by Crippen LogP contribution is -2.10. The van der Waals surface area contributed by atoms with Crippen molar-refractivity contribution in [3.05, 3.63) is 46.0 Å². The molecule has 0 N–H and O–H groups in total. The Labute approximate surface area is 86.8 Å². The summed E-state index contributed by atoms with van der Waals surface area (Å²) in [7, 11) is 0. The fourth-order valence-electron chi connectivity index (χ4n) is 1.21. The molecule has 0 aromatic heterocycles. The van der Waals surface area contributed by atoms with Gasteiger partial charge in [0.15, 0.2) is 0 Å². The zero-order valence-corrected chi connectivity index (χ0v) is 8.09. The first-order chi connectivity index (χ1) is 7.18. The molecular weight excluding hydrogens is 198 g/mol. The van der Waals surface area contributed by atoms with E-state index < -0.39 is 11.1 Å². The number of benzene rings is 1. The van der Waals surface area contributed by atoms with Crippen molar-refractivity contribution in [3.8, 4) is 0 Å². The van der Waals surface area contributed by atoms with Crippen molar-refractivity contribution in [3.63, 3.8) is 0 Å². The number of hydrogen-bond donors (Lipinski definition) is 0. The van der Waals surface area contributed by atoms with Crippen LogP contribution in [0.4, 0.5) is 0 Å². The molecule has 0 unspecified atom stereocenters. The first-order valence-electron chi connectivity index (χ1n) is 4.57. The van der Waals surface area contributed by atoms with Crippen molar-refractivity contribution in [2.75, 3.05) is 0 Å². The van der Waals surface area contributed by atoms with E-state index >= 15 is 0 Å². The monoisotopic (exact) mass is 209 g/mol. The Bertz CT molecular complexity index is 337. The quantitative estimate of drug-likeness (QED) is 0.547. The van der Waals surface area contributed by atoms with Crippen LogP contribution in [0.5, 0.6) is 0 Å². The Hall–Kier alpha value is -1.91. The van der Waals surface area contributed by atoms with Crippen LogP contribution < -0.4 is 0 Å². The average Bonchev–Trinajstić information content (AvgIpc) is 2.18. The minimum atomic E-state index is -1.08. The van der Waals surface area contributed by atoms with Gasteiger partial charge in [0.1, 0.15) is 0 Å². The summed E-state index contributed by atoms with van der Waals surface area (Å²) in [5, 5.41) is 8.73. The van der Waals surface area contributed by atoms with Crippen LogP contribution in [0.2, 0.25) is 0 Å². The molecule has 0 fully saturated rings. The van der Waals surface area contributed by atoms with Gasteiger partial charge < -0.3 is 0 Å². The summed E-state index contributed by atoms with van der Waals surface area (Å²) in [6.45, 7) is 0. The maximum Gasteiger partial charge on any atom is 0.303 e. The Kier molecular flexibility index (Phi) is 4.28. The highest BCUT2D eigenvalue weighted by Gasteiger charge is 2.06. The van der Waals surface area contributed by atoms with Crippen LogP contribution in [0.25, 0.3) is 0 Å². The molecule has 0 aliphatic heterocycles. The van der Waals surface area contributed by atoms with E-state index in [1.54, 1.807) is 0 Å². The maximum absolute atomic E-state index is 10.8. The van der Waals surface area contributed by atoms with E-state index in [2.05, 4.69) is 4.84 Å². The van der Waals surface area contributed by atoms with Crippen LogP contribution in [-0.2, 0) is 16.1 Å². The van der Waals surface area contributed by atoms with E-state index in [0.29, 0.717) is 12.8 Å². The first kappa shape index (κ1) is 11.2. The Morgan fingerprint density at radius 3 is 2.60 bits per heavy atom. The molecule has 0 spiro atoms. The van der Waals surface area contributed by atoms with Crippen LogP contribution in [0.15, 0.2) is 30.3 Å². The smallest absolute Gasteiger partial charge is 0.268 e. The molecule has 1 aromatic rings. The molecule has 80 valence electrons. The Morgan fingerprint density at radius 1 is 1.33 bits per heavy atom. The summed E-state index contributed by atoms with van der Waals surface area (Å²) in [5.41, 5.74) is 1.10. The lowest BCUT2D eigenvalue weighted by atomic mass is 10.1. The molecule has 0 aliphatic rings. The molecule has 0 radical (unpaired) electrons. The molecule has 15 heavy (non-hydrogen) atoms. The van der Waals surface area contributed by atoms with Crippen molar-refractivity contribution >= 4 is 5.97 Å². The van der Waals surface area contributed by atoms with Crippen LogP contribution in [0, 0.1) is 10.1 Å². The molecule has 0 saturated heterocycles. The zero-order chi connectivity index (χ0) is 11.1. The molecule has 0 aliphatic carbocycles. The minimum absolute atomic E-state index is 0.0654. The van der Waals surface area contributed by atoms with E-state index in [0.717, 1.165) is 5.56 Å². The van der Waals surface area contributed by atoms with Gasteiger partial charge in [-0.3, -0.25) is 4.79 Å². The first-order valence-corrected chi connectivity index (χ1v) is 4.57. The highest BCUT2D eigenvalue weighted by molar-refractivity contribution is 5.68. The highest BCUT2D eigenvalue weighted by Crippen LogP contribution is 2.04. The van der Waals surface area contributed by atoms with Gasteiger partial charge in [-0.2, -0.15) is 0 Å². The number of carbonyl (C=O) groups is 1. The lowest BCUT2D eigenvalue weighted by Gasteiger charge is -1.99. The van der Waals surface area contributed by atoms with E-state index in [1.165, 1.54) is 0 Å². The van der Waals surface area contributed by atoms with Gasteiger partial charge >= 0.3 is 11.1 Å². The maximum atomic E-state index is 10.8. The zero-order valence-electron chi connectivity index (χ0n) is 8.09. The Morgan fingerprint density at radius 2 is 2.00 bits per heavy atom. The van der Waals surface area contributed by atoms with Gasteiger partial charge in [-0.25, -0.2) is 4.84 Å². The fraction of sp³-hybridized carbons (Fsp3) is 0.300. The molecule has 0 bridgehead atoms. The predicted octanol–water partition coefficient (Wildman–Crippen LogP) is 1.74. The van der Waals surface area contributed by atoms with Gasteiger partial charge in [-0.1, -0.05) is 30.3 Å². The van der Waals surface area contributed by atoms with E-state index in [9.17, 15) is 14.9 Å². The molecule has 0 amide bonds. The van der Waals surface area contributed by atoms with Crippen LogP contribution in [0.3, 0.4) is 0 Å². The summed E-state index contributed by atoms with van der Waals surface area (Å²) >= 11 is 0. The van der Waals surface area contributed by atoms with Gasteiger partial charge in [0.2, 0.25) is 0 Å². The number of carbonyl (C=O) groups excluding carboxylic acids is 1. The van der Waals surface area contributed by atoms with Crippen molar-refractivity contribution in [2.24, 2.45) is 0 Å². The van der Waals surface area contributed by atoms with Crippen molar-refractivity contribution < 1.29 is 14.7 Å². The number of nitrogens with zero attached hydrogens (tertiary/aromatic N) is 1. The Balaban J connectivity index is 2.22. The van der Waals surface area contributed by atoms with Gasteiger partial charge in [0.05, 0.1) is 0 Å². The summed E-state index contributed by atoms with van der Waals surface area (Å²) in [6.07, 6.45) is 1.33. The molecule has 0 heterocycles. The summed E-state index contributed by atoms with van der Waals surface area (Å²) in [4.78, 5) is 24.4. The topological polar surface area (TPSA) is 69.4 Å². The third-order valence-electron chi connectivity index (χ3n) is 1.87. The second-order valence-electron chi connectivity index (χ2n) is 3.03. The van der Waals surface area contributed by atoms with Crippen molar-refractivity contribution in [2.45, 2.75) is 19.3 Å². The molecule has 0 atom stereocenters. The van der Waals surface area contributed by atoms with E-state index in [4.69, 9.17) is 0 Å². The lowest BCUT2D eigenvalue weighted by molar-refractivity contribution is -0.729. The number of aryl methyl sites for hydroxylation is 1. The molecule has 1 aromatic carbocycles. The summed E-state index contributed by atoms with van der Waals surface area (Å²) < 4.78 is 0. The highest BCUT2D eigenvalue weighted by atomic mass is 17.0. The third kappa shape index (κ3) is 4.75. The number of rotatable bonds is 5. The minimum Gasteiger partial charge on any atom is -0.268 e. The fourth-order valence-corrected chi connectivity index (χ4v) is 1.21. The second-order valence-corrected chi connectivity index (χ2v) is 3.03. The average molecular weight is 209 g/mol. The van der Waals surface area contributed by atoms with Crippen LogP contribution in [-0.4, -0.2) is 11.1 Å². The van der Waals surface area contributed by atoms with Crippen molar-refractivity contribution in [1.82, 2.24) is 0 Å². The molecule has 1 rings (SSSR count). The van der Waals surface area contributed by atoms with Gasteiger partial charge in [-0.05, 0) is 18.4 Å². The molecule has 5 nitrogen and oxygen atoms in total. The standard InChI is InChI=1S/C10H11NO4/c12-10(15-11(13)14)8-4-7-9-5-2-1-3-6-9/h1-3,5-6H,4,7-8H2. The number of hydrogen-bond acceptors (Lipinski definition) is 4. The van der Waals surface area contributed by atoms with E-state index in [-0.39, 0.29) is 6.42 Å². The van der Waals surface area contributed by atoms with Gasteiger partial charge in [0.25, 0.3) is 0 Å². The van der Waals surface area contributed by atoms with Crippen molar-refractivity contribution in [1.29, 1.82) is 0 Å². The predicted molar refractivity (Wildman–Crippen MR) is 52.5 cm³/mol. The molecule has 0 saturated carbocycles. The van der Waals surface area contributed by atoms with E-state index in [1.807, 2.05) is 30.3 Å². The third-order valence-corrected chi connectivity index (χ3v) is 1.87. The largest absolute Gasteiger partial charge is 0.303 e. The molecular formula is C10H11NO4. The van der Waals surface area contributed by atoms with Gasteiger partial charge in [-0.15, -0.1) is 10.1 Å².